The van der Waals surface area contributed by atoms with Crippen LogP contribution in [0.2, 0.25) is 0 Å². The van der Waals surface area contributed by atoms with E-state index in [4.69, 9.17) is 5.73 Å². The summed E-state index contributed by atoms with van der Waals surface area (Å²) in [6.07, 6.45) is 0. The number of pyridine rings is 1. The van der Waals surface area contributed by atoms with Crippen molar-refractivity contribution in [3.8, 4) is 0 Å². The Hall–Kier alpha value is -1.09. The van der Waals surface area contributed by atoms with E-state index in [1.54, 1.807) is 0 Å². The van der Waals surface area contributed by atoms with Crippen molar-refractivity contribution in [3.63, 3.8) is 0 Å². The van der Waals surface area contributed by atoms with Gasteiger partial charge >= 0.3 is 0 Å². The molecule has 2 N–H and O–H groups in total. The monoisotopic (exact) mass is 236 g/mol. The van der Waals surface area contributed by atoms with Gasteiger partial charge in [-0.05, 0) is 34.5 Å². The first kappa shape index (κ1) is 8.51. The van der Waals surface area contributed by atoms with Gasteiger partial charge in [0.25, 0.3) is 0 Å². The molecule has 1 aromatic heterocycles. The zero-order valence-electron chi connectivity index (χ0n) is 7.21. The standard InChI is InChI=1S/C10H9BrN2/c1-6-3-2-4-7-5-8(11)10(12)13-9(6)7/h2-5H,1H3,(H2,12,13). The Morgan fingerprint density at radius 1 is 1.38 bits per heavy atom. The van der Waals surface area contributed by atoms with Crippen LogP contribution in [0.5, 0.6) is 0 Å². The predicted octanol–water partition coefficient (Wildman–Crippen LogP) is 2.89. The molecule has 0 aliphatic rings. The van der Waals surface area contributed by atoms with Crippen molar-refractivity contribution >= 4 is 32.7 Å². The van der Waals surface area contributed by atoms with Gasteiger partial charge in [0.15, 0.2) is 0 Å². The number of hydrogen-bond acceptors (Lipinski definition) is 2. The third-order valence-corrected chi connectivity index (χ3v) is 2.66. The molecule has 0 amide bonds. The topological polar surface area (TPSA) is 38.9 Å². The Bertz CT molecular complexity index is 466. The van der Waals surface area contributed by atoms with Crippen LogP contribution in [-0.2, 0) is 0 Å². The van der Waals surface area contributed by atoms with Crippen LogP contribution >= 0.6 is 15.9 Å². The number of fused-ring (bicyclic) bond motifs is 1. The summed E-state index contributed by atoms with van der Waals surface area (Å²) in [7, 11) is 0. The number of nitrogens with zero attached hydrogens (tertiary/aromatic N) is 1. The fourth-order valence-electron chi connectivity index (χ4n) is 1.34. The Morgan fingerprint density at radius 2 is 2.15 bits per heavy atom. The second kappa shape index (κ2) is 3.00. The van der Waals surface area contributed by atoms with Crippen molar-refractivity contribution in [2.45, 2.75) is 6.92 Å². The third kappa shape index (κ3) is 1.40. The minimum atomic E-state index is 0.543. The highest BCUT2D eigenvalue weighted by molar-refractivity contribution is 9.10. The van der Waals surface area contributed by atoms with E-state index < -0.39 is 0 Å². The second-order valence-corrected chi connectivity index (χ2v) is 3.86. The van der Waals surface area contributed by atoms with Gasteiger partial charge in [-0.15, -0.1) is 0 Å². The summed E-state index contributed by atoms with van der Waals surface area (Å²) in [5.74, 6) is 0.543. The van der Waals surface area contributed by atoms with Crippen LogP contribution in [0.3, 0.4) is 0 Å². The number of rotatable bonds is 0. The first-order valence-electron chi connectivity index (χ1n) is 4.00. The maximum atomic E-state index is 5.70. The molecule has 13 heavy (non-hydrogen) atoms. The fourth-order valence-corrected chi connectivity index (χ4v) is 1.67. The molecular formula is C10H9BrN2. The molecule has 2 rings (SSSR count). The number of halogens is 1. The van der Waals surface area contributed by atoms with Crippen molar-refractivity contribution in [2.75, 3.05) is 5.73 Å². The number of aromatic nitrogens is 1. The summed E-state index contributed by atoms with van der Waals surface area (Å²) in [6.45, 7) is 2.03. The first-order valence-corrected chi connectivity index (χ1v) is 4.79. The molecule has 1 aromatic carbocycles. The smallest absolute Gasteiger partial charge is 0.138 e. The fraction of sp³-hybridized carbons (Fsp3) is 0.100. The summed E-state index contributed by atoms with van der Waals surface area (Å²) < 4.78 is 0.852. The second-order valence-electron chi connectivity index (χ2n) is 3.00. The average molecular weight is 237 g/mol. The minimum absolute atomic E-state index is 0.543. The molecule has 0 bridgehead atoms. The molecule has 0 aliphatic carbocycles. The molecule has 1 heterocycles. The average Bonchev–Trinajstić information content (AvgIpc) is 2.09. The van der Waals surface area contributed by atoms with Crippen molar-refractivity contribution in [2.24, 2.45) is 0 Å². The summed E-state index contributed by atoms with van der Waals surface area (Å²) >= 11 is 3.35. The molecule has 3 heteroatoms. The lowest BCUT2D eigenvalue weighted by Gasteiger charge is -2.03. The van der Waals surface area contributed by atoms with E-state index in [2.05, 4.69) is 20.9 Å². The van der Waals surface area contributed by atoms with E-state index >= 15 is 0 Å². The third-order valence-electron chi connectivity index (χ3n) is 2.03. The van der Waals surface area contributed by atoms with Crippen LogP contribution in [0.15, 0.2) is 28.7 Å². The number of nitrogens with two attached hydrogens (primary N) is 1. The van der Waals surface area contributed by atoms with Gasteiger partial charge in [0.05, 0.1) is 9.99 Å². The van der Waals surface area contributed by atoms with Gasteiger partial charge in [0.2, 0.25) is 0 Å². The lowest BCUT2D eigenvalue weighted by Crippen LogP contribution is -1.93. The van der Waals surface area contributed by atoms with Crippen molar-refractivity contribution in [1.82, 2.24) is 4.98 Å². The summed E-state index contributed by atoms with van der Waals surface area (Å²) in [5.41, 5.74) is 7.82. The van der Waals surface area contributed by atoms with Crippen LogP contribution in [0.4, 0.5) is 5.82 Å². The first-order chi connectivity index (χ1) is 6.18. The highest BCUT2D eigenvalue weighted by Gasteiger charge is 2.02. The molecule has 0 radical (unpaired) electrons. The highest BCUT2D eigenvalue weighted by Crippen LogP contribution is 2.24. The molecular weight excluding hydrogens is 228 g/mol. The number of aryl methyl sites for hydroxylation is 1. The van der Waals surface area contributed by atoms with Gasteiger partial charge in [-0.1, -0.05) is 18.2 Å². The molecule has 2 aromatic rings. The molecule has 0 spiro atoms. The number of para-hydroxylation sites is 1. The van der Waals surface area contributed by atoms with E-state index in [-0.39, 0.29) is 0 Å². The molecule has 2 nitrogen and oxygen atoms in total. The zero-order valence-corrected chi connectivity index (χ0v) is 8.80. The van der Waals surface area contributed by atoms with Gasteiger partial charge in [-0.3, -0.25) is 0 Å². The van der Waals surface area contributed by atoms with Crippen LogP contribution in [-0.4, -0.2) is 4.98 Å². The van der Waals surface area contributed by atoms with Crippen LogP contribution in [0.1, 0.15) is 5.56 Å². The minimum Gasteiger partial charge on any atom is -0.383 e. The van der Waals surface area contributed by atoms with E-state index in [0.717, 1.165) is 20.9 Å². The Labute approximate surface area is 84.9 Å². The van der Waals surface area contributed by atoms with Crippen LogP contribution in [0, 0.1) is 6.92 Å². The number of nitrogen functional groups attached to an aromatic ring is 1. The zero-order chi connectivity index (χ0) is 9.42. The molecule has 0 unspecified atom stereocenters. The van der Waals surface area contributed by atoms with Crippen molar-refractivity contribution in [3.05, 3.63) is 34.3 Å². The SMILES string of the molecule is Cc1cccc2cc(Br)c(N)nc12. The van der Waals surface area contributed by atoms with Crippen LogP contribution in [0.25, 0.3) is 10.9 Å². The largest absolute Gasteiger partial charge is 0.383 e. The van der Waals surface area contributed by atoms with Crippen molar-refractivity contribution in [1.29, 1.82) is 0 Å². The number of benzene rings is 1. The van der Waals surface area contributed by atoms with E-state index in [1.807, 2.05) is 31.2 Å². The molecule has 0 saturated carbocycles. The van der Waals surface area contributed by atoms with E-state index in [0.29, 0.717) is 5.82 Å². The molecule has 0 aliphatic heterocycles. The maximum Gasteiger partial charge on any atom is 0.138 e. The normalized spacial score (nSPS) is 10.6. The lowest BCUT2D eigenvalue weighted by atomic mass is 10.1. The Balaban J connectivity index is 2.89. The van der Waals surface area contributed by atoms with E-state index in [1.165, 1.54) is 0 Å². The van der Waals surface area contributed by atoms with Gasteiger partial charge in [0.1, 0.15) is 5.82 Å². The van der Waals surface area contributed by atoms with Gasteiger partial charge in [-0.25, -0.2) is 4.98 Å². The number of anilines is 1. The molecule has 66 valence electrons. The van der Waals surface area contributed by atoms with Crippen LogP contribution < -0.4 is 5.73 Å². The highest BCUT2D eigenvalue weighted by atomic mass is 79.9. The van der Waals surface area contributed by atoms with E-state index in [9.17, 15) is 0 Å². The Kier molecular flexibility index (Phi) is 1.96. The van der Waals surface area contributed by atoms with Gasteiger partial charge < -0.3 is 5.73 Å². The quantitative estimate of drug-likeness (QED) is 0.765. The lowest BCUT2D eigenvalue weighted by molar-refractivity contribution is 1.36. The summed E-state index contributed by atoms with van der Waals surface area (Å²) in [4.78, 5) is 4.31. The summed E-state index contributed by atoms with van der Waals surface area (Å²) in [6, 6.07) is 8.06. The predicted molar refractivity (Wildman–Crippen MR) is 58.6 cm³/mol. The van der Waals surface area contributed by atoms with Crippen molar-refractivity contribution < 1.29 is 0 Å². The molecule has 0 atom stereocenters. The Morgan fingerprint density at radius 3 is 2.92 bits per heavy atom. The van der Waals surface area contributed by atoms with Gasteiger partial charge in [-0.2, -0.15) is 0 Å². The number of hydrogen-bond donors (Lipinski definition) is 1. The van der Waals surface area contributed by atoms with Gasteiger partial charge in [0, 0.05) is 5.39 Å². The summed E-state index contributed by atoms with van der Waals surface area (Å²) in [5, 5.41) is 1.11. The molecule has 0 saturated heterocycles. The molecule has 0 fully saturated rings. The maximum absolute atomic E-state index is 5.70.